The number of pyridine rings is 1. The Hall–Kier alpha value is -1.03. The molecule has 0 N–H and O–H groups in total. The Morgan fingerprint density at radius 3 is 2.47 bits per heavy atom. The van der Waals surface area contributed by atoms with Gasteiger partial charge >= 0.3 is 0 Å². The molecule has 1 aromatic heterocycles. The number of halogens is 4. The quantitative estimate of drug-likeness (QED) is 0.710. The van der Waals surface area contributed by atoms with Crippen LogP contribution in [0.1, 0.15) is 6.92 Å². The van der Waals surface area contributed by atoms with E-state index in [0.717, 1.165) is 0 Å². The van der Waals surface area contributed by atoms with Crippen molar-refractivity contribution in [2.24, 2.45) is 0 Å². The van der Waals surface area contributed by atoms with E-state index in [1.165, 1.54) is 12.1 Å². The summed E-state index contributed by atoms with van der Waals surface area (Å²) in [5, 5.41) is 0.718. The van der Waals surface area contributed by atoms with Gasteiger partial charge in [0.1, 0.15) is 11.0 Å². The highest BCUT2D eigenvalue weighted by molar-refractivity contribution is 6.43. The van der Waals surface area contributed by atoms with E-state index in [-0.39, 0.29) is 16.0 Å². The summed E-state index contributed by atoms with van der Waals surface area (Å²) in [5.41, 5.74) is 0.387. The van der Waals surface area contributed by atoms with Crippen LogP contribution in [0.3, 0.4) is 0 Å². The monoisotopic (exact) mass is 318 g/mol. The van der Waals surface area contributed by atoms with Crippen molar-refractivity contribution in [1.82, 2.24) is 4.98 Å². The Kier molecular flexibility index (Phi) is 4.50. The molecule has 0 spiro atoms. The van der Waals surface area contributed by atoms with E-state index in [9.17, 15) is 4.39 Å². The Bertz CT molecular complexity index is 604. The Morgan fingerprint density at radius 1 is 1.16 bits per heavy atom. The van der Waals surface area contributed by atoms with Gasteiger partial charge in [-0.1, -0.05) is 46.9 Å². The van der Waals surface area contributed by atoms with Crippen molar-refractivity contribution in [2.45, 2.75) is 6.92 Å². The van der Waals surface area contributed by atoms with Crippen molar-refractivity contribution < 1.29 is 4.39 Å². The van der Waals surface area contributed by atoms with Crippen LogP contribution in [0.4, 0.5) is 15.9 Å². The van der Waals surface area contributed by atoms with Crippen molar-refractivity contribution in [2.75, 3.05) is 11.4 Å². The molecule has 2 nitrogen and oxygen atoms in total. The first kappa shape index (κ1) is 14.4. The number of rotatable bonds is 3. The summed E-state index contributed by atoms with van der Waals surface area (Å²) in [4.78, 5) is 5.76. The summed E-state index contributed by atoms with van der Waals surface area (Å²) >= 11 is 17.8. The van der Waals surface area contributed by atoms with Gasteiger partial charge < -0.3 is 4.90 Å². The highest BCUT2D eigenvalue weighted by Gasteiger charge is 2.17. The van der Waals surface area contributed by atoms with Crippen LogP contribution in [0.2, 0.25) is 15.2 Å². The lowest BCUT2D eigenvalue weighted by molar-refractivity contribution is 0.625. The molecule has 0 aliphatic carbocycles. The van der Waals surface area contributed by atoms with Crippen molar-refractivity contribution >= 4 is 46.3 Å². The fourth-order valence-corrected chi connectivity index (χ4v) is 2.32. The van der Waals surface area contributed by atoms with E-state index >= 15 is 0 Å². The molecule has 0 bridgehead atoms. The zero-order valence-corrected chi connectivity index (χ0v) is 12.3. The van der Waals surface area contributed by atoms with Crippen LogP contribution in [0.15, 0.2) is 30.3 Å². The third kappa shape index (κ3) is 2.94. The summed E-state index contributed by atoms with van der Waals surface area (Å²) in [5.74, 6) is 0.0250. The molecule has 0 saturated heterocycles. The number of hydrogen-bond donors (Lipinski definition) is 0. The maximum Gasteiger partial charge on any atom is 0.153 e. The summed E-state index contributed by atoms with van der Waals surface area (Å²) in [6.07, 6.45) is 0. The van der Waals surface area contributed by atoms with Crippen LogP contribution in [0.25, 0.3) is 0 Å². The van der Waals surface area contributed by atoms with Crippen molar-refractivity contribution in [3.05, 3.63) is 51.3 Å². The van der Waals surface area contributed by atoms with Crippen LogP contribution in [0, 0.1) is 5.82 Å². The summed E-state index contributed by atoms with van der Waals surface area (Å²) in [7, 11) is 0. The molecule has 0 saturated carbocycles. The van der Waals surface area contributed by atoms with Crippen molar-refractivity contribution in [3.8, 4) is 0 Å². The summed E-state index contributed by atoms with van der Waals surface area (Å²) in [6, 6.07) is 7.89. The molecule has 0 atom stereocenters. The number of para-hydroxylation sites is 1. The average molecular weight is 320 g/mol. The lowest BCUT2D eigenvalue weighted by Gasteiger charge is -2.23. The Balaban J connectivity index is 2.55. The SMILES string of the molecule is CCN(c1ccccc1F)c1nc(Cl)c(Cl)cc1Cl. The first-order chi connectivity index (χ1) is 9.04. The van der Waals surface area contributed by atoms with Gasteiger partial charge in [0.2, 0.25) is 0 Å². The molecule has 0 aliphatic rings. The van der Waals surface area contributed by atoms with Gasteiger partial charge in [-0.15, -0.1) is 0 Å². The second kappa shape index (κ2) is 5.95. The highest BCUT2D eigenvalue weighted by Crippen LogP contribution is 2.35. The average Bonchev–Trinajstić information content (AvgIpc) is 2.38. The van der Waals surface area contributed by atoms with Gasteiger partial charge in [0.15, 0.2) is 5.82 Å². The van der Waals surface area contributed by atoms with E-state index in [0.29, 0.717) is 23.1 Å². The Labute approximate surface area is 125 Å². The molecule has 0 unspecified atom stereocenters. The predicted molar refractivity (Wildman–Crippen MR) is 78.3 cm³/mol. The lowest BCUT2D eigenvalue weighted by Crippen LogP contribution is -2.19. The number of anilines is 2. The highest BCUT2D eigenvalue weighted by atomic mass is 35.5. The van der Waals surface area contributed by atoms with E-state index in [4.69, 9.17) is 34.8 Å². The van der Waals surface area contributed by atoms with Crippen LogP contribution in [-0.2, 0) is 0 Å². The number of hydrogen-bond acceptors (Lipinski definition) is 2. The topological polar surface area (TPSA) is 16.1 Å². The molecule has 2 rings (SSSR count). The molecule has 1 heterocycles. The Morgan fingerprint density at radius 2 is 1.84 bits per heavy atom. The lowest BCUT2D eigenvalue weighted by atomic mass is 10.2. The first-order valence-electron chi connectivity index (χ1n) is 5.58. The molecule has 0 aliphatic heterocycles. The van der Waals surface area contributed by atoms with Gasteiger partial charge in [0.05, 0.1) is 15.7 Å². The van der Waals surface area contributed by atoms with Crippen molar-refractivity contribution in [1.29, 1.82) is 0 Å². The molecule has 0 radical (unpaired) electrons. The zero-order valence-electron chi connectivity index (χ0n) is 10.0. The van der Waals surface area contributed by atoms with E-state index in [2.05, 4.69) is 4.98 Å². The summed E-state index contributed by atoms with van der Waals surface area (Å²) in [6.45, 7) is 2.36. The van der Waals surface area contributed by atoms with Gasteiger partial charge in [-0.2, -0.15) is 0 Å². The minimum Gasteiger partial charge on any atom is -0.323 e. The van der Waals surface area contributed by atoms with Gasteiger partial charge in [-0.25, -0.2) is 9.37 Å². The third-order valence-corrected chi connectivity index (χ3v) is 3.53. The molecule has 0 fully saturated rings. The maximum atomic E-state index is 13.9. The second-order valence-corrected chi connectivity index (χ2v) is 4.93. The largest absolute Gasteiger partial charge is 0.323 e. The molecule has 0 amide bonds. The molecule has 19 heavy (non-hydrogen) atoms. The van der Waals surface area contributed by atoms with Gasteiger partial charge in [-0.05, 0) is 25.1 Å². The minimum absolute atomic E-state index is 0.135. The normalized spacial score (nSPS) is 10.6. The zero-order chi connectivity index (χ0) is 14.0. The molecule has 6 heteroatoms. The van der Waals surface area contributed by atoms with E-state index < -0.39 is 0 Å². The van der Waals surface area contributed by atoms with Crippen LogP contribution in [-0.4, -0.2) is 11.5 Å². The molecule has 2 aromatic rings. The predicted octanol–water partition coefficient (Wildman–Crippen LogP) is 5.34. The fraction of sp³-hybridized carbons (Fsp3) is 0.154. The van der Waals surface area contributed by atoms with E-state index in [1.54, 1.807) is 23.1 Å². The van der Waals surface area contributed by atoms with Gasteiger partial charge in [-0.3, -0.25) is 0 Å². The fourth-order valence-electron chi connectivity index (χ4n) is 1.73. The number of benzene rings is 1. The third-order valence-electron chi connectivity index (χ3n) is 2.58. The second-order valence-electron chi connectivity index (χ2n) is 3.76. The van der Waals surface area contributed by atoms with E-state index in [1.807, 2.05) is 6.92 Å². The van der Waals surface area contributed by atoms with Gasteiger partial charge in [0.25, 0.3) is 0 Å². The van der Waals surface area contributed by atoms with Crippen LogP contribution >= 0.6 is 34.8 Å². The molecular formula is C13H10Cl3FN2. The van der Waals surface area contributed by atoms with Crippen LogP contribution in [0.5, 0.6) is 0 Å². The van der Waals surface area contributed by atoms with Crippen LogP contribution < -0.4 is 4.90 Å². The number of aromatic nitrogens is 1. The number of nitrogens with zero attached hydrogens (tertiary/aromatic N) is 2. The summed E-state index contributed by atoms with van der Waals surface area (Å²) < 4.78 is 13.9. The smallest absolute Gasteiger partial charge is 0.153 e. The molecule has 100 valence electrons. The first-order valence-corrected chi connectivity index (χ1v) is 6.71. The minimum atomic E-state index is -0.353. The van der Waals surface area contributed by atoms with Crippen molar-refractivity contribution in [3.63, 3.8) is 0 Å². The molecular weight excluding hydrogens is 310 g/mol. The maximum absolute atomic E-state index is 13.9. The standard InChI is InChI=1S/C13H10Cl3FN2/c1-2-19(11-6-4-3-5-10(11)17)13-9(15)7-8(14)12(16)18-13/h3-7H,2H2,1H3. The molecule has 1 aromatic carbocycles. The van der Waals surface area contributed by atoms with Gasteiger partial charge in [0, 0.05) is 6.54 Å².